The van der Waals surface area contributed by atoms with Crippen LogP contribution in [-0.2, 0) is 33.9 Å². The molecule has 1 aliphatic carbocycles. The van der Waals surface area contributed by atoms with Crippen LogP contribution in [0.2, 0.25) is 0 Å². The summed E-state index contributed by atoms with van der Waals surface area (Å²) < 4.78 is 34.8. The van der Waals surface area contributed by atoms with Gasteiger partial charge in [0.25, 0.3) is 0 Å². The normalized spacial score (nSPS) is 22.3. The van der Waals surface area contributed by atoms with Gasteiger partial charge in [0.2, 0.25) is 5.91 Å². The maximum Gasteiger partial charge on any atom is 0.339 e. The summed E-state index contributed by atoms with van der Waals surface area (Å²) in [6, 6.07) is 2.97. The molecule has 32 heavy (non-hydrogen) atoms. The van der Waals surface area contributed by atoms with Crippen LogP contribution in [0.1, 0.15) is 41.7 Å². The highest BCUT2D eigenvalue weighted by Gasteiger charge is 2.37. The van der Waals surface area contributed by atoms with Gasteiger partial charge in [-0.25, -0.2) is 13.2 Å². The first-order valence-corrected chi connectivity index (χ1v) is 12.7. The van der Waals surface area contributed by atoms with E-state index in [9.17, 15) is 23.1 Å². The number of carbonyl (C=O) groups is 1. The molecule has 0 bridgehead atoms. The Labute approximate surface area is 184 Å². The van der Waals surface area contributed by atoms with E-state index in [4.69, 9.17) is 8.83 Å². The number of aliphatic hydroxyl groups excluding tert-OH is 1. The number of nitrogens with one attached hydrogen (secondary N) is 1. The maximum absolute atomic E-state index is 12.6. The summed E-state index contributed by atoms with van der Waals surface area (Å²) in [5.41, 5.74) is 3.10. The minimum absolute atomic E-state index is 0.0102. The maximum atomic E-state index is 12.6. The molecule has 170 valence electrons. The number of fused-ring (bicyclic) bond motifs is 4. The van der Waals surface area contributed by atoms with Crippen LogP contribution in [0.3, 0.4) is 0 Å². The number of aliphatic hydroxyl groups is 1. The number of carbonyl (C=O) groups excluding carboxylic acids is 1. The lowest BCUT2D eigenvalue weighted by Gasteiger charge is -2.15. The first-order valence-electron chi connectivity index (χ1n) is 10.9. The van der Waals surface area contributed by atoms with Crippen molar-refractivity contribution in [3.63, 3.8) is 0 Å². The van der Waals surface area contributed by atoms with Crippen LogP contribution in [0.4, 0.5) is 0 Å². The molecule has 5 rings (SSSR count). The van der Waals surface area contributed by atoms with E-state index in [-0.39, 0.29) is 24.3 Å². The van der Waals surface area contributed by atoms with Gasteiger partial charge < -0.3 is 19.3 Å². The topological polar surface area (TPSA) is 127 Å². The Morgan fingerprint density at radius 2 is 1.88 bits per heavy atom. The molecule has 2 atom stereocenters. The molecule has 3 aromatic rings. The zero-order chi connectivity index (χ0) is 22.6. The van der Waals surface area contributed by atoms with Gasteiger partial charge >= 0.3 is 5.63 Å². The fraction of sp³-hybridized carbons (Fsp3) is 0.478. The number of rotatable bonds is 4. The molecule has 3 heterocycles. The molecule has 1 aromatic carbocycles. The van der Waals surface area contributed by atoms with Gasteiger partial charge in [-0.1, -0.05) is 0 Å². The number of amides is 1. The highest BCUT2D eigenvalue weighted by atomic mass is 32.2. The second kappa shape index (κ2) is 7.74. The van der Waals surface area contributed by atoms with Crippen LogP contribution >= 0.6 is 0 Å². The van der Waals surface area contributed by atoms with Crippen LogP contribution < -0.4 is 10.9 Å². The van der Waals surface area contributed by atoms with E-state index in [2.05, 4.69) is 5.32 Å². The van der Waals surface area contributed by atoms with Gasteiger partial charge in [0.05, 0.1) is 23.7 Å². The van der Waals surface area contributed by atoms with E-state index >= 15 is 0 Å². The van der Waals surface area contributed by atoms with Crippen molar-refractivity contribution >= 4 is 37.7 Å². The van der Waals surface area contributed by atoms with Crippen molar-refractivity contribution in [1.82, 2.24) is 5.32 Å². The van der Waals surface area contributed by atoms with Crippen molar-refractivity contribution in [3.05, 3.63) is 45.0 Å². The molecule has 1 aliphatic heterocycles. The van der Waals surface area contributed by atoms with Gasteiger partial charge in [0, 0.05) is 40.8 Å². The van der Waals surface area contributed by atoms with Crippen LogP contribution in [0, 0.1) is 6.92 Å². The SMILES string of the molecule is Cc1c(CCC(=O)N[C@@H]2CS(=O)(=O)C[C@H]2O)c(=O)oc2cc3oc4c(c3cc12)CCCC4. The lowest BCUT2D eigenvalue weighted by atomic mass is 9.94. The number of furan rings is 1. The third-order valence-electron chi connectivity index (χ3n) is 6.63. The van der Waals surface area contributed by atoms with Crippen LogP contribution in [0.5, 0.6) is 0 Å². The van der Waals surface area contributed by atoms with Crippen molar-refractivity contribution in [2.24, 2.45) is 0 Å². The predicted molar refractivity (Wildman–Crippen MR) is 119 cm³/mol. The molecule has 0 unspecified atom stereocenters. The monoisotopic (exact) mass is 459 g/mol. The highest BCUT2D eigenvalue weighted by molar-refractivity contribution is 7.91. The third-order valence-corrected chi connectivity index (χ3v) is 8.35. The molecule has 2 aromatic heterocycles. The van der Waals surface area contributed by atoms with E-state index in [0.717, 1.165) is 53.4 Å². The summed E-state index contributed by atoms with van der Waals surface area (Å²) in [5.74, 6) is -0.0292. The fourth-order valence-corrected chi connectivity index (χ4v) is 6.66. The fourth-order valence-electron chi connectivity index (χ4n) is 4.92. The minimum Gasteiger partial charge on any atom is -0.461 e. The summed E-state index contributed by atoms with van der Waals surface area (Å²) in [6.07, 6.45) is 3.16. The average molecular weight is 460 g/mol. The Balaban J connectivity index is 1.41. The summed E-state index contributed by atoms with van der Waals surface area (Å²) in [5, 5.41) is 14.3. The Kier molecular flexibility index (Phi) is 5.13. The number of sulfone groups is 1. The van der Waals surface area contributed by atoms with E-state index in [1.807, 2.05) is 13.0 Å². The highest BCUT2D eigenvalue weighted by Crippen LogP contribution is 2.35. The molecule has 2 N–H and O–H groups in total. The molecule has 0 saturated carbocycles. The van der Waals surface area contributed by atoms with Crippen molar-refractivity contribution in [1.29, 1.82) is 0 Å². The lowest BCUT2D eigenvalue weighted by Crippen LogP contribution is -2.42. The summed E-state index contributed by atoms with van der Waals surface area (Å²) in [7, 11) is -3.35. The molecule has 9 heteroatoms. The number of benzene rings is 1. The Hall–Kier alpha value is -2.65. The quantitative estimate of drug-likeness (QED) is 0.571. The van der Waals surface area contributed by atoms with Crippen LogP contribution in [-0.4, -0.2) is 43.1 Å². The Bertz CT molecular complexity index is 1400. The minimum atomic E-state index is -3.35. The molecular formula is C23H25NO7S. The molecule has 0 spiro atoms. The average Bonchev–Trinajstić information content (AvgIpc) is 3.21. The van der Waals surface area contributed by atoms with Gasteiger partial charge in [-0.05, 0) is 44.2 Å². The second-order valence-electron chi connectivity index (χ2n) is 8.87. The van der Waals surface area contributed by atoms with Crippen molar-refractivity contribution in [2.45, 2.75) is 57.6 Å². The second-order valence-corrected chi connectivity index (χ2v) is 11.0. The number of hydrogen-bond donors (Lipinski definition) is 2. The van der Waals surface area contributed by atoms with Gasteiger partial charge in [0.1, 0.15) is 16.9 Å². The van der Waals surface area contributed by atoms with Crippen LogP contribution in [0.15, 0.2) is 25.8 Å². The summed E-state index contributed by atoms with van der Waals surface area (Å²) in [4.78, 5) is 25.0. The lowest BCUT2D eigenvalue weighted by molar-refractivity contribution is -0.122. The zero-order valence-electron chi connectivity index (χ0n) is 17.8. The molecule has 0 radical (unpaired) electrons. The zero-order valence-corrected chi connectivity index (χ0v) is 18.6. The van der Waals surface area contributed by atoms with Crippen molar-refractivity contribution < 1.29 is 27.2 Å². The largest absolute Gasteiger partial charge is 0.461 e. The Morgan fingerprint density at radius 1 is 1.12 bits per heavy atom. The number of aryl methyl sites for hydroxylation is 3. The molecular weight excluding hydrogens is 434 g/mol. The standard InChI is InChI=1S/C23H25NO7S/c1-12-13(6-7-22(26)24-17-10-32(28,29)11-18(17)25)23(27)31-20-9-21-16(8-15(12)20)14-4-2-3-5-19(14)30-21/h8-9,17-18,25H,2-7,10-11H2,1H3,(H,24,26)/t17-,18-/m1/s1. The summed E-state index contributed by atoms with van der Waals surface area (Å²) >= 11 is 0. The van der Waals surface area contributed by atoms with Crippen molar-refractivity contribution in [2.75, 3.05) is 11.5 Å². The molecule has 8 nitrogen and oxygen atoms in total. The van der Waals surface area contributed by atoms with Gasteiger partial charge in [-0.15, -0.1) is 0 Å². The predicted octanol–water partition coefficient (Wildman–Crippen LogP) is 1.93. The smallest absolute Gasteiger partial charge is 0.339 e. The molecule has 1 fully saturated rings. The first-order chi connectivity index (χ1) is 15.2. The van der Waals surface area contributed by atoms with Crippen molar-refractivity contribution in [3.8, 4) is 0 Å². The van der Waals surface area contributed by atoms with Gasteiger partial charge in [-0.2, -0.15) is 0 Å². The molecule has 2 aliphatic rings. The van der Waals surface area contributed by atoms with Gasteiger partial charge in [-0.3, -0.25) is 4.79 Å². The van der Waals surface area contributed by atoms with E-state index in [1.54, 1.807) is 6.07 Å². The summed E-state index contributed by atoms with van der Waals surface area (Å²) in [6.45, 7) is 1.85. The molecule has 1 saturated heterocycles. The van der Waals surface area contributed by atoms with Crippen LogP contribution in [0.25, 0.3) is 21.9 Å². The van der Waals surface area contributed by atoms with Gasteiger partial charge in [0.15, 0.2) is 9.84 Å². The van der Waals surface area contributed by atoms with E-state index in [0.29, 0.717) is 11.1 Å². The number of hydrogen-bond acceptors (Lipinski definition) is 7. The third kappa shape index (κ3) is 3.73. The first kappa shape index (κ1) is 21.2. The Morgan fingerprint density at radius 3 is 2.62 bits per heavy atom. The molecule has 1 amide bonds. The van der Waals surface area contributed by atoms with E-state index < -0.39 is 33.5 Å². The van der Waals surface area contributed by atoms with E-state index in [1.165, 1.54) is 5.56 Å².